The molecule has 37 heavy (non-hydrogen) atoms. The average Bonchev–Trinajstić information content (AvgIpc) is 3.39. The van der Waals surface area contributed by atoms with Gasteiger partial charge in [-0.05, 0) is 43.5 Å². The fourth-order valence-corrected chi connectivity index (χ4v) is 4.82. The third-order valence-corrected chi connectivity index (χ3v) is 6.88. The minimum absolute atomic E-state index is 0.180. The van der Waals surface area contributed by atoms with Crippen molar-refractivity contribution < 1.29 is 9.53 Å². The van der Waals surface area contributed by atoms with Crippen LogP contribution in [0.25, 0.3) is 22.6 Å². The number of para-hydroxylation sites is 1. The number of hydrogen-bond donors (Lipinski definition) is 2. The van der Waals surface area contributed by atoms with Crippen LogP contribution in [0, 0.1) is 0 Å². The second-order valence-electron chi connectivity index (χ2n) is 8.88. The zero-order valence-electron chi connectivity index (χ0n) is 20.7. The van der Waals surface area contributed by atoms with Crippen LogP contribution in [0.4, 0.5) is 16.4 Å². The van der Waals surface area contributed by atoms with Crippen molar-refractivity contribution in [3.8, 4) is 22.6 Å². The molecular formula is C28H30N6O2S. The van der Waals surface area contributed by atoms with E-state index in [4.69, 9.17) is 14.7 Å². The zero-order chi connectivity index (χ0) is 25.6. The molecule has 1 amide bonds. The van der Waals surface area contributed by atoms with Gasteiger partial charge in [0.25, 0.3) is 0 Å². The van der Waals surface area contributed by atoms with Crippen molar-refractivity contribution in [2.75, 3.05) is 25.0 Å². The van der Waals surface area contributed by atoms with Gasteiger partial charge in [-0.15, -0.1) is 0 Å². The molecule has 1 N–H and O–H groups in total. The predicted molar refractivity (Wildman–Crippen MR) is 148 cm³/mol. The molecule has 0 aliphatic carbocycles. The quantitative estimate of drug-likeness (QED) is 0.296. The Bertz CT molecular complexity index is 1330. The van der Waals surface area contributed by atoms with E-state index in [1.165, 1.54) is 0 Å². The molecule has 5 rings (SSSR count). The highest BCUT2D eigenvalue weighted by molar-refractivity contribution is 7.79. The van der Waals surface area contributed by atoms with Crippen molar-refractivity contribution >= 4 is 30.4 Å². The minimum atomic E-state index is -0.246. The summed E-state index contributed by atoms with van der Waals surface area (Å²) < 4.78 is 7.40. The van der Waals surface area contributed by atoms with Crippen LogP contribution in [0.5, 0.6) is 0 Å². The van der Waals surface area contributed by atoms with Gasteiger partial charge in [0, 0.05) is 42.3 Å². The molecular weight excluding hydrogens is 484 g/mol. The number of carbonyl (C=O) groups excluding carboxylic acids is 1. The number of thiol groups is 1. The number of rotatable bonds is 7. The molecule has 9 heteroatoms. The Morgan fingerprint density at radius 2 is 1.81 bits per heavy atom. The first-order valence-corrected chi connectivity index (χ1v) is 13.1. The first-order chi connectivity index (χ1) is 18.2. The minimum Gasteiger partial charge on any atom is -0.450 e. The van der Waals surface area contributed by atoms with E-state index in [0.29, 0.717) is 31.4 Å². The summed E-state index contributed by atoms with van der Waals surface area (Å²) in [5.74, 6) is 1.20. The lowest BCUT2D eigenvalue weighted by Crippen LogP contribution is -2.39. The van der Waals surface area contributed by atoms with Gasteiger partial charge in [-0.3, -0.25) is 0 Å². The Balaban J connectivity index is 1.50. The van der Waals surface area contributed by atoms with E-state index in [9.17, 15) is 4.79 Å². The summed E-state index contributed by atoms with van der Waals surface area (Å²) in [6.07, 6.45) is 5.03. The van der Waals surface area contributed by atoms with Gasteiger partial charge >= 0.3 is 6.09 Å². The summed E-state index contributed by atoms with van der Waals surface area (Å²) in [6.45, 7) is 3.48. The fourth-order valence-electron chi connectivity index (χ4n) is 4.61. The molecule has 1 fully saturated rings. The number of imidazole rings is 1. The number of piperidine rings is 1. The summed E-state index contributed by atoms with van der Waals surface area (Å²) in [5, 5.41) is 3.29. The highest BCUT2D eigenvalue weighted by atomic mass is 32.1. The van der Waals surface area contributed by atoms with Crippen LogP contribution in [0.2, 0.25) is 0 Å². The van der Waals surface area contributed by atoms with E-state index in [2.05, 4.69) is 51.8 Å². The maximum atomic E-state index is 12.2. The lowest BCUT2D eigenvalue weighted by atomic mass is 10.0. The topological polar surface area (TPSA) is 85.2 Å². The van der Waals surface area contributed by atoms with Crippen LogP contribution in [-0.4, -0.2) is 50.2 Å². The Morgan fingerprint density at radius 3 is 2.51 bits per heavy atom. The number of benzene rings is 2. The van der Waals surface area contributed by atoms with Gasteiger partial charge < -0.3 is 19.5 Å². The number of amides is 1. The number of anilines is 2. The van der Waals surface area contributed by atoms with Gasteiger partial charge in [-0.1, -0.05) is 42.5 Å². The van der Waals surface area contributed by atoms with Crippen molar-refractivity contribution in [3.63, 3.8) is 0 Å². The molecule has 1 saturated heterocycles. The fraction of sp³-hybridized carbons (Fsp3) is 0.286. The smallest absolute Gasteiger partial charge is 0.409 e. The van der Waals surface area contributed by atoms with Crippen LogP contribution in [0.1, 0.15) is 31.4 Å². The number of nitrogens with zero attached hydrogens (tertiary/aromatic N) is 5. The third-order valence-electron chi connectivity index (χ3n) is 6.52. The molecule has 1 aliphatic heterocycles. The first kappa shape index (κ1) is 24.8. The van der Waals surface area contributed by atoms with Crippen LogP contribution in [0.3, 0.4) is 0 Å². The normalized spacial score (nSPS) is 13.9. The molecule has 1 aliphatic rings. The highest BCUT2D eigenvalue weighted by Gasteiger charge is 2.28. The van der Waals surface area contributed by atoms with E-state index in [1.807, 2.05) is 49.6 Å². The van der Waals surface area contributed by atoms with Crippen LogP contribution >= 0.6 is 12.6 Å². The number of ether oxygens (including phenoxy) is 1. The number of likely N-dealkylation sites (tertiary alicyclic amines) is 1. The molecule has 0 saturated carbocycles. The molecule has 0 radical (unpaired) electrons. The number of hydrogen-bond acceptors (Lipinski definition) is 7. The monoisotopic (exact) mass is 514 g/mol. The largest absolute Gasteiger partial charge is 0.450 e. The maximum Gasteiger partial charge on any atom is 0.409 e. The van der Waals surface area contributed by atoms with Gasteiger partial charge in [-0.25, -0.2) is 19.7 Å². The number of aromatic nitrogens is 4. The van der Waals surface area contributed by atoms with Crippen molar-refractivity contribution in [1.29, 1.82) is 0 Å². The van der Waals surface area contributed by atoms with Crippen molar-refractivity contribution in [3.05, 3.63) is 78.8 Å². The Morgan fingerprint density at radius 1 is 1.05 bits per heavy atom. The Kier molecular flexibility index (Phi) is 7.70. The van der Waals surface area contributed by atoms with E-state index in [0.717, 1.165) is 46.7 Å². The second-order valence-corrected chi connectivity index (χ2v) is 9.19. The number of nitrogens with one attached hydrogen (secondary N) is 1. The van der Waals surface area contributed by atoms with E-state index < -0.39 is 0 Å². The third kappa shape index (κ3) is 5.61. The second kappa shape index (κ2) is 11.5. The molecule has 2 aromatic carbocycles. The Labute approximate surface area is 222 Å². The van der Waals surface area contributed by atoms with Crippen LogP contribution in [0.15, 0.2) is 73.2 Å². The van der Waals surface area contributed by atoms with Gasteiger partial charge in [0.15, 0.2) is 0 Å². The predicted octanol–water partition coefficient (Wildman–Crippen LogP) is 5.97. The molecule has 2 aromatic heterocycles. The standard InChI is InChI=1S/C28H30N6O2S/c1-2-36-28(35)33-16-13-23(14-17-33)34-19-30-25(21-10-8-20(18-37)9-11-21)26(34)24-12-15-29-27(32-24)31-22-6-4-3-5-7-22/h3-12,15,19,23,37H,2,13-14,16-18H2,1H3,(H,29,31,32). The summed E-state index contributed by atoms with van der Waals surface area (Å²) in [4.78, 5) is 28.2. The van der Waals surface area contributed by atoms with E-state index >= 15 is 0 Å². The van der Waals surface area contributed by atoms with Crippen LogP contribution < -0.4 is 5.32 Å². The first-order valence-electron chi connectivity index (χ1n) is 12.5. The molecule has 0 bridgehead atoms. The highest BCUT2D eigenvalue weighted by Crippen LogP contribution is 2.36. The molecule has 8 nitrogen and oxygen atoms in total. The summed E-state index contributed by atoms with van der Waals surface area (Å²) >= 11 is 4.39. The average molecular weight is 515 g/mol. The van der Waals surface area contributed by atoms with Gasteiger partial charge in [0.2, 0.25) is 5.95 Å². The molecule has 0 unspecified atom stereocenters. The van der Waals surface area contributed by atoms with E-state index in [1.54, 1.807) is 11.1 Å². The summed E-state index contributed by atoms with van der Waals surface area (Å²) in [7, 11) is 0. The van der Waals surface area contributed by atoms with Crippen molar-refractivity contribution in [2.24, 2.45) is 0 Å². The summed E-state index contributed by atoms with van der Waals surface area (Å²) in [5.41, 5.74) is 5.67. The molecule has 190 valence electrons. The number of carbonyl (C=O) groups is 1. The molecule has 0 spiro atoms. The maximum absolute atomic E-state index is 12.2. The van der Waals surface area contributed by atoms with Crippen molar-refractivity contribution in [2.45, 2.75) is 31.6 Å². The molecule has 0 atom stereocenters. The Hall–Kier alpha value is -3.85. The van der Waals surface area contributed by atoms with Gasteiger partial charge in [-0.2, -0.15) is 12.6 Å². The van der Waals surface area contributed by atoms with Gasteiger partial charge in [0.05, 0.1) is 30.0 Å². The van der Waals surface area contributed by atoms with E-state index in [-0.39, 0.29) is 12.1 Å². The lowest BCUT2D eigenvalue weighted by Gasteiger charge is -2.32. The van der Waals surface area contributed by atoms with Crippen LogP contribution in [-0.2, 0) is 10.5 Å². The SMILES string of the molecule is CCOC(=O)N1CCC(n2cnc(-c3ccc(CS)cc3)c2-c2ccnc(Nc3ccccc3)n2)CC1. The molecule has 3 heterocycles. The zero-order valence-corrected chi connectivity index (χ0v) is 21.6. The van der Waals surface area contributed by atoms with Crippen molar-refractivity contribution in [1.82, 2.24) is 24.4 Å². The molecule has 4 aromatic rings. The lowest BCUT2D eigenvalue weighted by molar-refractivity contribution is 0.0928. The van der Waals surface area contributed by atoms with Gasteiger partial charge in [0.1, 0.15) is 0 Å². The summed E-state index contributed by atoms with van der Waals surface area (Å²) in [6, 6.07) is 20.3.